The summed E-state index contributed by atoms with van der Waals surface area (Å²) in [5, 5.41) is 4.20. The lowest BCUT2D eigenvalue weighted by atomic mass is 10.0. The second kappa shape index (κ2) is 7.40. The number of benzene rings is 2. The Morgan fingerprint density at radius 3 is 2.54 bits per heavy atom. The molecule has 28 heavy (non-hydrogen) atoms. The van der Waals surface area contributed by atoms with Gasteiger partial charge in [0.2, 0.25) is 0 Å². The summed E-state index contributed by atoms with van der Waals surface area (Å²) >= 11 is 0. The van der Waals surface area contributed by atoms with Crippen molar-refractivity contribution >= 4 is 0 Å². The molecule has 1 aliphatic heterocycles. The van der Waals surface area contributed by atoms with Crippen LogP contribution in [0.25, 0.3) is 28.2 Å². The lowest BCUT2D eigenvalue weighted by Gasteiger charge is -2.15. The van der Waals surface area contributed by atoms with Crippen molar-refractivity contribution in [2.75, 3.05) is 6.61 Å². The number of rotatable bonds is 5. The smallest absolute Gasteiger partial charge is 0.138 e. The number of hydrogen-bond acceptors (Lipinski definition) is 4. The highest BCUT2D eigenvalue weighted by Crippen LogP contribution is 2.32. The molecular formula is C22H21N5O. The number of imidazole rings is 1. The molecule has 4 aromatic rings. The molecule has 6 heteroatoms. The molecule has 2 aromatic carbocycles. The quantitative estimate of drug-likeness (QED) is 0.532. The maximum atomic E-state index is 5.86. The molecular weight excluding hydrogens is 350 g/mol. The third-order valence-corrected chi connectivity index (χ3v) is 5.13. The van der Waals surface area contributed by atoms with Crippen LogP contribution in [0.15, 0.2) is 73.6 Å². The van der Waals surface area contributed by atoms with Crippen LogP contribution in [0.4, 0.5) is 0 Å². The molecule has 1 atom stereocenters. The molecule has 6 nitrogen and oxygen atoms in total. The van der Waals surface area contributed by atoms with E-state index >= 15 is 0 Å². The molecule has 1 unspecified atom stereocenters. The highest BCUT2D eigenvalue weighted by molar-refractivity contribution is 5.79. The highest BCUT2D eigenvalue weighted by Gasteiger charge is 2.21. The zero-order valence-corrected chi connectivity index (χ0v) is 15.5. The summed E-state index contributed by atoms with van der Waals surface area (Å²) in [7, 11) is 0. The summed E-state index contributed by atoms with van der Waals surface area (Å²) in [6, 6.07) is 18.7. The van der Waals surface area contributed by atoms with E-state index in [0.29, 0.717) is 0 Å². The maximum absolute atomic E-state index is 5.86. The van der Waals surface area contributed by atoms with E-state index in [1.54, 1.807) is 11.0 Å². The summed E-state index contributed by atoms with van der Waals surface area (Å²) in [5.41, 5.74) is 5.33. The van der Waals surface area contributed by atoms with Crippen LogP contribution in [-0.2, 0) is 11.3 Å². The van der Waals surface area contributed by atoms with Crippen molar-refractivity contribution in [3.8, 4) is 28.2 Å². The second-order valence-electron chi connectivity index (χ2n) is 6.98. The Kier molecular flexibility index (Phi) is 4.47. The molecule has 1 aliphatic rings. The Hall–Kier alpha value is -3.25. The van der Waals surface area contributed by atoms with Crippen molar-refractivity contribution in [2.24, 2.45) is 0 Å². The van der Waals surface area contributed by atoms with Gasteiger partial charge in [-0.2, -0.15) is 5.10 Å². The zero-order valence-electron chi connectivity index (χ0n) is 15.5. The largest absolute Gasteiger partial charge is 0.376 e. The molecule has 0 saturated carbocycles. The minimum atomic E-state index is 0.256. The predicted molar refractivity (Wildman–Crippen MR) is 107 cm³/mol. The summed E-state index contributed by atoms with van der Waals surface area (Å²) < 4.78 is 9.84. The van der Waals surface area contributed by atoms with Crippen LogP contribution in [-0.4, -0.2) is 37.0 Å². The summed E-state index contributed by atoms with van der Waals surface area (Å²) in [4.78, 5) is 8.78. The van der Waals surface area contributed by atoms with Crippen molar-refractivity contribution in [3.05, 3.63) is 73.6 Å². The number of ether oxygens (including phenoxy) is 1. The third-order valence-electron chi connectivity index (χ3n) is 5.13. The topological polar surface area (TPSA) is 57.8 Å². The fraction of sp³-hybridized carbons (Fsp3) is 0.227. The van der Waals surface area contributed by atoms with Crippen molar-refractivity contribution in [3.63, 3.8) is 0 Å². The summed E-state index contributed by atoms with van der Waals surface area (Å²) in [5.74, 6) is 0. The van der Waals surface area contributed by atoms with E-state index in [9.17, 15) is 0 Å². The Balaban J connectivity index is 1.56. The lowest BCUT2D eigenvalue weighted by Crippen LogP contribution is -2.15. The van der Waals surface area contributed by atoms with Crippen molar-refractivity contribution in [2.45, 2.75) is 25.5 Å². The van der Waals surface area contributed by atoms with Crippen molar-refractivity contribution in [1.82, 2.24) is 24.3 Å². The molecule has 0 spiro atoms. The zero-order chi connectivity index (χ0) is 18.8. The molecule has 0 radical (unpaired) electrons. The van der Waals surface area contributed by atoms with Gasteiger partial charge in [0, 0.05) is 17.7 Å². The summed E-state index contributed by atoms with van der Waals surface area (Å²) in [6.07, 6.45) is 7.66. The molecule has 3 heterocycles. The van der Waals surface area contributed by atoms with Gasteiger partial charge in [-0.05, 0) is 25.0 Å². The number of nitrogens with zero attached hydrogens (tertiary/aromatic N) is 5. The van der Waals surface area contributed by atoms with E-state index in [4.69, 9.17) is 9.72 Å². The third kappa shape index (κ3) is 3.23. The maximum Gasteiger partial charge on any atom is 0.138 e. The minimum absolute atomic E-state index is 0.256. The predicted octanol–water partition coefficient (Wildman–Crippen LogP) is 3.98. The molecule has 2 aromatic heterocycles. The Labute approximate surface area is 163 Å². The van der Waals surface area contributed by atoms with Crippen LogP contribution < -0.4 is 0 Å². The van der Waals surface area contributed by atoms with E-state index in [1.807, 2.05) is 24.5 Å². The van der Waals surface area contributed by atoms with Crippen molar-refractivity contribution < 1.29 is 4.74 Å². The van der Waals surface area contributed by atoms with Gasteiger partial charge < -0.3 is 9.30 Å². The van der Waals surface area contributed by atoms with Gasteiger partial charge in [0.15, 0.2) is 0 Å². The molecule has 140 valence electrons. The first-order valence-corrected chi connectivity index (χ1v) is 9.56. The van der Waals surface area contributed by atoms with E-state index in [2.05, 4.69) is 51.0 Å². The van der Waals surface area contributed by atoms with Crippen LogP contribution in [0.1, 0.15) is 12.8 Å². The van der Waals surface area contributed by atoms with E-state index < -0.39 is 0 Å². The fourth-order valence-electron chi connectivity index (χ4n) is 3.75. The molecule has 0 amide bonds. The van der Waals surface area contributed by atoms with Crippen LogP contribution in [0.2, 0.25) is 0 Å². The molecule has 0 bridgehead atoms. The first-order valence-electron chi connectivity index (χ1n) is 9.56. The van der Waals surface area contributed by atoms with Gasteiger partial charge in [-0.3, -0.25) is 0 Å². The standard InChI is InChI=1S/C22H21N5O/c1-2-5-17(6-3-1)21-22(26(16-24-21)13-20-7-4-12-28-20)18-8-10-19(11-9-18)27-15-23-14-25-27/h1-3,5-6,8-11,14-16,20H,4,7,12-13H2. The minimum Gasteiger partial charge on any atom is -0.376 e. The molecule has 0 N–H and O–H groups in total. The van der Waals surface area contributed by atoms with Gasteiger partial charge in [-0.1, -0.05) is 42.5 Å². The lowest BCUT2D eigenvalue weighted by molar-refractivity contribution is 0.0973. The van der Waals surface area contributed by atoms with E-state index in [1.165, 1.54) is 6.33 Å². The molecule has 5 rings (SSSR count). The van der Waals surface area contributed by atoms with Gasteiger partial charge in [-0.25, -0.2) is 14.6 Å². The summed E-state index contributed by atoms with van der Waals surface area (Å²) in [6.45, 7) is 1.67. The number of hydrogen-bond donors (Lipinski definition) is 0. The van der Waals surface area contributed by atoms with Crippen LogP contribution >= 0.6 is 0 Å². The fourth-order valence-corrected chi connectivity index (χ4v) is 3.75. The highest BCUT2D eigenvalue weighted by atomic mass is 16.5. The Morgan fingerprint density at radius 2 is 1.82 bits per heavy atom. The first-order chi connectivity index (χ1) is 13.9. The van der Waals surface area contributed by atoms with Crippen LogP contribution in [0.5, 0.6) is 0 Å². The molecule has 1 fully saturated rings. The molecule has 1 saturated heterocycles. The van der Waals surface area contributed by atoms with Gasteiger partial charge in [0.25, 0.3) is 0 Å². The monoisotopic (exact) mass is 371 g/mol. The van der Waals surface area contributed by atoms with Gasteiger partial charge in [0.05, 0.1) is 36.1 Å². The van der Waals surface area contributed by atoms with Gasteiger partial charge in [-0.15, -0.1) is 0 Å². The van der Waals surface area contributed by atoms with Gasteiger partial charge >= 0.3 is 0 Å². The van der Waals surface area contributed by atoms with Crippen molar-refractivity contribution in [1.29, 1.82) is 0 Å². The average molecular weight is 371 g/mol. The first kappa shape index (κ1) is 16.9. The normalized spacial score (nSPS) is 16.5. The van der Waals surface area contributed by atoms with E-state index in [0.717, 1.165) is 54.2 Å². The van der Waals surface area contributed by atoms with E-state index in [-0.39, 0.29) is 6.10 Å². The number of aromatic nitrogens is 5. The second-order valence-corrected chi connectivity index (χ2v) is 6.98. The van der Waals surface area contributed by atoms with Gasteiger partial charge in [0.1, 0.15) is 12.7 Å². The average Bonchev–Trinajstić information content (AvgIpc) is 3.51. The molecule has 0 aliphatic carbocycles. The Morgan fingerprint density at radius 1 is 0.964 bits per heavy atom. The van der Waals surface area contributed by atoms with Crippen LogP contribution in [0, 0.1) is 0 Å². The van der Waals surface area contributed by atoms with Crippen LogP contribution in [0.3, 0.4) is 0 Å². The Bertz CT molecular complexity index is 1030. The SMILES string of the molecule is c1ccc(-c2ncn(CC3CCCO3)c2-c2ccc(-n3cncn3)cc2)cc1.